The number of hydrogen-bond donors (Lipinski definition) is 4. The Hall–Kier alpha value is -2.04. The number of aliphatic hydroxyl groups excluding tert-OH is 2. The Kier molecular flexibility index (Phi) is 5.50. The van der Waals surface area contributed by atoms with Crippen LogP contribution in [-0.2, 0) is 12.8 Å². The molecule has 4 N–H and O–H groups in total. The van der Waals surface area contributed by atoms with Crippen molar-refractivity contribution in [3.8, 4) is 11.5 Å². The first-order chi connectivity index (χ1) is 20.9. The van der Waals surface area contributed by atoms with Gasteiger partial charge in [-0.3, -0.25) is 0 Å². The van der Waals surface area contributed by atoms with Crippen LogP contribution in [0.3, 0.4) is 0 Å². The minimum absolute atomic E-state index is 0.0146. The summed E-state index contributed by atoms with van der Waals surface area (Å²) >= 11 is 0. The highest BCUT2D eigenvalue weighted by atomic mass is 16.3. The molecule has 0 aliphatic heterocycles. The van der Waals surface area contributed by atoms with Crippen LogP contribution in [0.5, 0.6) is 11.5 Å². The van der Waals surface area contributed by atoms with Crippen LogP contribution in [0.15, 0.2) is 36.4 Å². The van der Waals surface area contributed by atoms with Gasteiger partial charge in [0, 0.05) is 2.74 Å². The summed E-state index contributed by atoms with van der Waals surface area (Å²) in [4.78, 5) is 0. The Morgan fingerprint density at radius 2 is 1.38 bits per heavy atom. The smallest absolute Gasteiger partial charge is 0.115 e. The average Bonchev–Trinajstić information content (AvgIpc) is 3.48. The van der Waals surface area contributed by atoms with Gasteiger partial charge in [0.15, 0.2) is 0 Å². The number of phenolic OH excluding ortho intramolecular Hbond substituents is 2. The predicted molar refractivity (Wildman–Crippen MR) is 157 cm³/mol. The first-order valence-electron chi connectivity index (χ1n) is 17.9. The molecule has 0 aromatic heterocycles. The van der Waals surface area contributed by atoms with E-state index in [1.165, 1.54) is 30.4 Å². The second-order valence-corrected chi connectivity index (χ2v) is 14.4. The van der Waals surface area contributed by atoms with E-state index in [4.69, 9.17) is 5.48 Å². The Morgan fingerprint density at radius 1 is 0.750 bits per heavy atom. The van der Waals surface area contributed by atoms with Gasteiger partial charge in [0.2, 0.25) is 0 Å². The van der Waals surface area contributed by atoms with Crippen molar-refractivity contribution in [1.82, 2.24) is 0 Å². The highest BCUT2D eigenvalue weighted by molar-refractivity contribution is 5.41. The summed E-state index contributed by atoms with van der Waals surface area (Å²) in [7, 11) is 0. The van der Waals surface area contributed by atoms with E-state index >= 15 is 0 Å². The molecule has 0 amide bonds. The lowest BCUT2D eigenvalue weighted by Crippen LogP contribution is -2.43. The van der Waals surface area contributed by atoms with Gasteiger partial charge in [0.25, 0.3) is 0 Å². The van der Waals surface area contributed by atoms with Crippen LogP contribution < -0.4 is 0 Å². The quantitative estimate of drug-likeness (QED) is 0.278. The van der Waals surface area contributed by atoms with Gasteiger partial charge in [-0.05, 0) is 170 Å². The van der Waals surface area contributed by atoms with Crippen LogP contribution in [0, 0.1) is 34.5 Å². The number of hydrogen-bond acceptors (Lipinski definition) is 4. The number of phenols is 2. The minimum Gasteiger partial charge on any atom is -0.508 e. The Balaban J connectivity index is 0.000000144. The molecule has 0 heterocycles. The van der Waals surface area contributed by atoms with Crippen LogP contribution in [0.4, 0.5) is 0 Å². The predicted octanol–water partition coefficient (Wildman–Crippen LogP) is 7.22. The molecule has 12 atom stereocenters. The van der Waals surface area contributed by atoms with Crippen molar-refractivity contribution in [2.24, 2.45) is 34.5 Å². The average molecular weight is 553 g/mol. The molecule has 0 saturated heterocycles. The molecule has 0 spiro atoms. The van der Waals surface area contributed by atoms with E-state index in [2.05, 4.69) is 19.9 Å². The molecule has 4 fully saturated rings. The van der Waals surface area contributed by atoms with Gasteiger partial charge < -0.3 is 20.4 Å². The van der Waals surface area contributed by atoms with Gasteiger partial charge in [-0.2, -0.15) is 0 Å². The lowest BCUT2D eigenvalue weighted by molar-refractivity contribution is -0.0226. The molecule has 40 heavy (non-hydrogen) atoms. The molecule has 4 saturated carbocycles. The lowest BCUT2D eigenvalue weighted by atomic mass is 9.55. The lowest BCUT2D eigenvalue weighted by Gasteiger charge is -2.50. The molecule has 8 rings (SSSR count). The zero-order chi connectivity index (χ0) is 31.3. The summed E-state index contributed by atoms with van der Waals surface area (Å²) < 4.78 is 33.3. The molecular weight excluding hydrogens is 496 g/mol. The van der Waals surface area contributed by atoms with Crippen LogP contribution >= 0.6 is 0 Å². The maximum absolute atomic E-state index is 10.4. The fraction of sp³-hybridized carbons (Fsp3) is 0.667. The summed E-state index contributed by atoms with van der Waals surface area (Å²) in [5.41, 5.74) is 4.07. The normalized spacial score (nSPS) is 47.8. The van der Waals surface area contributed by atoms with E-state index in [9.17, 15) is 20.4 Å². The summed E-state index contributed by atoms with van der Waals surface area (Å²) in [5.74, 6) is 2.36. The monoisotopic (exact) mass is 552 g/mol. The van der Waals surface area contributed by atoms with E-state index in [0.29, 0.717) is 23.1 Å². The largest absolute Gasteiger partial charge is 0.508 e. The first kappa shape index (κ1) is 22.5. The molecule has 0 bridgehead atoms. The number of aromatic hydroxyl groups is 2. The maximum Gasteiger partial charge on any atom is 0.115 e. The number of benzene rings is 2. The van der Waals surface area contributed by atoms with E-state index in [1.807, 2.05) is 12.1 Å². The molecule has 4 unspecified atom stereocenters. The second-order valence-electron chi connectivity index (χ2n) is 14.4. The van der Waals surface area contributed by atoms with Gasteiger partial charge in [0.05, 0.1) is 14.9 Å². The highest BCUT2D eigenvalue weighted by Crippen LogP contribution is 2.62. The van der Waals surface area contributed by atoms with Crippen molar-refractivity contribution in [2.45, 2.75) is 115 Å². The molecular formula is C36H48O4. The van der Waals surface area contributed by atoms with Gasteiger partial charge in [-0.1, -0.05) is 26.0 Å². The summed E-state index contributed by atoms with van der Waals surface area (Å²) in [5, 5.41) is 40.4. The van der Waals surface area contributed by atoms with E-state index in [1.54, 1.807) is 6.07 Å². The molecule has 4 nitrogen and oxygen atoms in total. The summed E-state index contributed by atoms with van der Waals surface area (Å²) in [6, 6.07) is 7.36. The van der Waals surface area contributed by atoms with Gasteiger partial charge >= 0.3 is 0 Å². The fourth-order valence-electron chi connectivity index (χ4n) is 10.5. The van der Waals surface area contributed by atoms with Crippen molar-refractivity contribution in [3.05, 3.63) is 58.6 Å². The third kappa shape index (κ3) is 4.07. The van der Waals surface area contributed by atoms with Gasteiger partial charge in [-0.15, -0.1) is 0 Å². The van der Waals surface area contributed by atoms with E-state index in [-0.39, 0.29) is 58.6 Å². The van der Waals surface area contributed by atoms with E-state index < -0.39 is 12.8 Å². The molecule has 6 aliphatic rings. The van der Waals surface area contributed by atoms with Crippen LogP contribution in [-0.4, -0.2) is 32.6 Å². The van der Waals surface area contributed by atoms with Crippen molar-refractivity contribution in [3.63, 3.8) is 0 Å². The number of rotatable bonds is 0. The number of fused-ring (bicyclic) bond motifs is 10. The molecule has 2 aromatic carbocycles. The third-order valence-corrected chi connectivity index (χ3v) is 12.8. The highest BCUT2D eigenvalue weighted by Gasteiger charge is 2.55. The van der Waals surface area contributed by atoms with Gasteiger partial charge in [0.1, 0.15) is 11.5 Å². The van der Waals surface area contributed by atoms with Crippen LogP contribution in [0.25, 0.3) is 0 Å². The Bertz CT molecular complexity index is 1450. The number of aliphatic hydroxyl groups is 2. The van der Waals surface area contributed by atoms with Crippen molar-refractivity contribution < 1.29 is 25.9 Å². The van der Waals surface area contributed by atoms with Crippen LogP contribution in [0.2, 0.25) is 0 Å². The fourth-order valence-corrected chi connectivity index (χ4v) is 10.5. The second kappa shape index (κ2) is 9.76. The first-order valence-corrected chi connectivity index (χ1v) is 15.7. The molecule has 216 valence electrons. The molecule has 2 aromatic rings. The van der Waals surface area contributed by atoms with E-state index in [0.717, 1.165) is 56.4 Å². The Labute approximate surface area is 245 Å². The molecule has 4 heteroatoms. The zero-order valence-electron chi connectivity index (χ0n) is 27.9. The van der Waals surface area contributed by atoms with Gasteiger partial charge in [-0.25, -0.2) is 0 Å². The maximum atomic E-state index is 10.4. The zero-order valence-corrected chi connectivity index (χ0v) is 23.9. The van der Waals surface area contributed by atoms with Crippen LogP contribution in [0.1, 0.15) is 118 Å². The topological polar surface area (TPSA) is 80.9 Å². The Morgan fingerprint density at radius 3 is 2.08 bits per heavy atom. The van der Waals surface area contributed by atoms with Crippen molar-refractivity contribution in [1.29, 1.82) is 0 Å². The van der Waals surface area contributed by atoms with Crippen molar-refractivity contribution in [2.75, 3.05) is 0 Å². The van der Waals surface area contributed by atoms with Crippen molar-refractivity contribution >= 4 is 0 Å². The summed E-state index contributed by atoms with van der Waals surface area (Å²) in [6.07, 6.45) is 8.25. The standard InChI is InChI=1S/2C18H24O2/c2*1-18-9-8-14-13-5-3-12(19)10-11(13)2-4-15(14)16(18)6-7-17(18)20/h2*3,5,10,14-17,19-20H,2,4,6-9H2,1H3/t2*14-,15-,16+,17?,18+/m11/s1/i2T,3T,4T,10T;/t2?,4?,14-,15-,16+,17?,18+;m. The molecule has 0 radical (unpaired) electrons. The summed E-state index contributed by atoms with van der Waals surface area (Å²) in [6.45, 7) is 4.44. The molecule has 6 aliphatic carbocycles. The number of aryl methyl sites for hydroxylation is 1. The third-order valence-electron chi connectivity index (χ3n) is 12.8. The SMILES string of the molecule is C[C@]12CC[C@@H]3c4ccc(O)cc4CC[C@H]3[C@@H]1CCC2O.[3H]c1cc2c(c([3H])c1O)C([3H])C([3H])[C@@H]1[C@@H]2CC[C@]2(C)C(O)CC[C@@H]12. The minimum atomic E-state index is -0.875.